The van der Waals surface area contributed by atoms with Gasteiger partial charge >= 0.3 is 0 Å². The fourth-order valence-electron chi connectivity index (χ4n) is 5.13. The smallest absolute Gasteiger partial charge is 0.254 e. The number of furan rings is 1. The molecule has 0 spiro atoms. The van der Waals surface area contributed by atoms with Gasteiger partial charge in [-0.3, -0.25) is 14.2 Å². The fourth-order valence-corrected chi connectivity index (χ4v) is 5.98. The standard InChI is InChI=1S/C31H29N5O3S/c1-21-12-14-24(15-13-21)36-29(27-11-6-18-39-27)32-33-31(36)40-20-28(37)34-16-17-35(22(2)19-34)30(38)26-10-5-8-23-7-3-4-9-25(23)26/h3-15,18,22H,16-17,19-20H2,1-2H3. The zero-order valence-corrected chi connectivity index (χ0v) is 23.2. The van der Waals surface area contributed by atoms with Crippen LogP contribution in [-0.2, 0) is 4.79 Å². The number of aromatic nitrogens is 3. The fraction of sp³-hybridized carbons (Fsp3) is 0.226. The minimum atomic E-state index is -0.101. The van der Waals surface area contributed by atoms with Gasteiger partial charge in [-0.2, -0.15) is 0 Å². The van der Waals surface area contributed by atoms with E-state index < -0.39 is 0 Å². The third-order valence-corrected chi connectivity index (χ3v) is 8.17. The SMILES string of the molecule is Cc1ccc(-n2c(SCC(=O)N3CCN(C(=O)c4cccc5ccccc45)C(C)C3)nnc2-c2ccco2)cc1. The molecule has 0 radical (unpaired) electrons. The zero-order valence-electron chi connectivity index (χ0n) is 22.4. The van der Waals surface area contributed by atoms with E-state index in [2.05, 4.69) is 10.2 Å². The predicted octanol–water partition coefficient (Wildman–Crippen LogP) is 5.45. The van der Waals surface area contributed by atoms with Crippen LogP contribution in [0.3, 0.4) is 0 Å². The van der Waals surface area contributed by atoms with Gasteiger partial charge in [-0.1, -0.05) is 65.9 Å². The number of aryl methyl sites for hydroxylation is 1. The number of hydrogen-bond acceptors (Lipinski definition) is 6. The normalized spacial score (nSPS) is 15.5. The molecule has 3 aromatic carbocycles. The van der Waals surface area contributed by atoms with Crippen LogP contribution in [0.2, 0.25) is 0 Å². The van der Waals surface area contributed by atoms with Crippen molar-refractivity contribution in [2.24, 2.45) is 0 Å². The van der Waals surface area contributed by atoms with Crippen molar-refractivity contribution in [3.63, 3.8) is 0 Å². The molecule has 1 fully saturated rings. The van der Waals surface area contributed by atoms with Crippen LogP contribution in [0.25, 0.3) is 28.0 Å². The van der Waals surface area contributed by atoms with Crippen LogP contribution in [0, 0.1) is 6.92 Å². The van der Waals surface area contributed by atoms with Crippen molar-refractivity contribution < 1.29 is 14.0 Å². The maximum atomic E-state index is 13.5. The largest absolute Gasteiger partial charge is 0.461 e. The lowest BCUT2D eigenvalue weighted by Crippen LogP contribution is -2.55. The highest BCUT2D eigenvalue weighted by molar-refractivity contribution is 7.99. The molecule has 9 heteroatoms. The summed E-state index contributed by atoms with van der Waals surface area (Å²) in [5, 5.41) is 11.4. The van der Waals surface area contributed by atoms with Crippen molar-refractivity contribution in [1.82, 2.24) is 24.6 Å². The Hall–Kier alpha value is -4.37. The van der Waals surface area contributed by atoms with Crippen LogP contribution in [0.5, 0.6) is 0 Å². The molecule has 2 amide bonds. The molecule has 1 unspecified atom stereocenters. The Morgan fingerprint density at radius 3 is 2.52 bits per heavy atom. The van der Waals surface area contributed by atoms with Crippen molar-refractivity contribution in [3.05, 3.63) is 96.3 Å². The first-order valence-electron chi connectivity index (χ1n) is 13.3. The number of rotatable bonds is 6. The Morgan fingerprint density at radius 2 is 1.75 bits per heavy atom. The van der Waals surface area contributed by atoms with Gasteiger partial charge in [0, 0.05) is 36.9 Å². The van der Waals surface area contributed by atoms with E-state index >= 15 is 0 Å². The second-order valence-electron chi connectivity index (χ2n) is 9.96. The number of benzene rings is 3. The number of nitrogens with zero attached hydrogens (tertiary/aromatic N) is 5. The van der Waals surface area contributed by atoms with Crippen molar-refractivity contribution in [3.8, 4) is 17.3 Å². The highest BCUT2D eigenvalue weighted by Gasteiger charge is 2.31. The van der Waals surface area contributed by atoms with Crippen molar-refractivity contribution in [1.29, 1.82) is 0 Å². The van der Waals surface area contributed by atoms with E-state index in [0.29, 0.717) is 41.9 Å². The first kappa shape index (κ1) is 25.9. The predicted molar refractivity (Wildman–Crippen MR) is 156 cm³/mol. The molecular formula is C31H29N5O3S. The molecule has 3 heterocycles. The number of piperazine rings is 1. The summed E-state index contributed by atoms with van der Waals surface area (Å²) in [7, 11) is 0. The van der Waals surface area contributed by atoms with Gasteiger partial charge in [0.1, 0.15) is 0 Å². The summed E-state index contributed by atoms with van der Waals surface area (Å²) >= 11 is 1.35. The average molecular weight is 552 g/mol. The van der Waals surface area contributed by atoms with E-state index in [1.165, 1.54) is 11.8 Å². The van der Waals surface area contributed by atoms with Gasteiger partial charge in [-0.05, 0) is 55.0 Å². The van der Waals surface area contributed by atoms with Gasteiger partial charge in [0.25, 0.3) is 5.91 Å². The van der Waals surface area contributed by atoms with E-state index in [-0.39, 0.29) is 23.6 Å². The second-order valence-corrected chi connectivity index (χ2v) is 10.9. The number of fused-ring (bicyclic) bond motifs is 1. The first-order valence-corrected chi connectivity index (χ1v) is 14.2. The average Bonchev–Trinajstić information content (AvgIpc) is 3.66. The van der Waals surface area contributed by atoms with E-state index in [4.69, 9.17) is 4.42 Å². The Balaban J connectivity index is 1.15. The van der Waals surface area contributed by atoms with Crippen LogP contribution in [0.4, 0.5) is 0 Å². The molecule has 8 nitrogen and oxygen atoms in total. The van der Waals surface area contributed by atoms with Gasteiger partial charge in [0.2, 0.25) is 11.7 Å². The van der Waals surface area contributed by atoms with E-state index in [0.717, 1.165) is 22.0 Å². The summed E-state index contributed by atoms with van der Waals surface area (Å²) in [5.41, 5.74) is 2.74. The van der Waals surface area contributed by atoms with Gasteiger partial charge in [0.15, 0.2) is 10.9 Å². The second kappa shape index (κ2) is 11.0. The lowest BCUT2D eigenvalue weighted by atomic mass is 10.0. The number of thioether (sulfide) groups is 1. The van der Waals surface area contributed by atoms with Crippen LogP contribution < -0.4 is 0 Å². The Bertz CT molecular complexity index is 1660. The molecule has 6 rings (SSSR count). The molecule has 1 saturated heterocycles. The van der Waals surface area contributed by atoms with Crippen molar-refractivity contribution in [2.45, 2.75) is 25.0 Å². The molecule has 1 atom stereocenters. The summed E-state index contributed by atoms with van der Waals surface area (Å²) in [6.45, 7) is 5.50. The van der Waals surface area contributed by atoms with Crippen LogP contribution >= 0.6 is 11.8 Å². The highest BCUT2D eigenvalue weighted by Crippen LogP contribution is 2.29. The molecular weight excluding hydrogens is 522 g/mol. The molecule has 1 aliphatic rings. The lowest BCUT2D eigenvalue weighted by Gasteiger charge is -2.40. The summed E-state index contributed by atoms with van der Waals surface area (Å²) in [6, 6.07) is 25.4. The van der Waals surface area contributed by atoms with Crippen molar-refractivity contribution >= 4 is 34.3 Å². The third kappa shape index (κ3) is 5.00. The molecule has 0 N–H and O–H groups in total. The summed E-state index contributed by atoms with van der Waals surface area (Å²) < 4.78 is 7.51. The minimum absolute atomic E-state index is 0.00225. The molecule has 40 heavy (non-hydrogen) atoms. The molecule has 1 aliphatic heterocycles. The maximum absolute atomic E-state index is 13.5. The highest BCUT2D eigenvalue weighted by atomic mass is 32.2. The zero-order chi connectivity index (χ0) is 27.6. The van der Waals surface area contributed by atoms with Gasteiger partial charge in [-0.15, -0.1) is 10.2 Å². The molecule has 0 bridgehead atoms. The van der Waals surface area contributed by atoms with Crippen molar-refractivity contribution in [2.75, 3.05) is 25.4 Å². The Morgan fingerprint density at radius 1 is 0.950 bits per heavy atom. The summed E-state index contributed by atoms with van der Waals surface area (Å²) in [4.78, 5) is 30.5. The Labute approximate surface area is 236 Å². The summed E-state index contributed by atoms with van der Waals surface area (Å²) in [5.74, 6) is 1.41. The third-order valence-electron chi connectivity index (χ3n) is 7.25. The Kier molecular flexibility index (Phi) is 7.13. The maximum Gasteiger partial charge on any atom is 0.254 e. The first-order chi connectivity index (χ1) is 19.5. The summed E-state index contributed by atoms with van der Waals surface area (Å²) in [6.07, 6.45) is 1.60. The number of amides is 2. The van der Waals surface area contributed by atoms with Crippen LogP contribution in [0.15, 0.2) is 94.7 Å². The lowest BCUT2D eigenvalue weighted by molar-refractivity contribution is -0.130. The topological polar surface area (TPSA) is 84.5 Å². The van der Waals surface area contributed by atoms with Gasteiger partial charge in [-0.25, -0.2) is 0 Å². The van der Waals surface area contributed by atoms with Crippen LogP contribution in [0.1, 0.15) is 22.8 Å². The van der Waals surface area contributed by atoms with E-state index in [1.807, 2.05) is 107 Å². The van der Waals surface area contributed by atoms with E-state index in [9.17, 15) is 9.59 Å². The molecule has 2 aromatic heterocycles. The molecule has 202 valence electrons. The number of hydrogen-bond donors (Lipinski definition) is 0. The number of carbonyl (C=O) groups is 2. The minimum Gasteiger partial charge on any atom is -0.461 e. The van der Waals surface area contributed by atoms with E-state index in [1.54, 1.807) is 6.26 Å². The quantitative estimate of drug-likeness (QED) is 0.261. The monoisotopic (exact) mass is 551 g/mol. The van der Waals surface area contributed by atoms with Gasteiger partial charge < -0.3 is 14.2 Å². The van der Waals surface area contributed by atoms with Crippen LogP contribution in [-0.4, -0.2) is 67.8 Å². The number of carbonyl (C=O) groups excluding carboxylic acids is 2. The van der Waals surface area contributed by atoms with Gasteiger partial charge in [0.05, 0.1) is 12.0 Å². The molecule has 0 saturated carbocycles. The molecule has 0 aliphatic carbocycles. The molecule has 5 aromatic rings.